The van der Waals surface area contributed by atoms with E-state index in [1.165, 1.54) is 5.56 Å². The lowest BCUT2D eigenvalue weighted by atomic mass is 9.82. The van der Waals surface area contributed by atoms with E-state index in [0.29, 0.717) is 6.04 Å². The molecule has 2 unspecified atom stereocenters. The summed E-state index contributed by atoms with van der Waals surface area (Å²) >= 11 is 0. The Morgan fingerprint density at radius 1 is 1.47 bits per heavy atom. The summed E-state index contributed by atoms with van der Waals surface area (Å²) in [6, 6.07) is 4.76. The molecule has 1 aromatic rings. The summed E-state index contributed by atoms with van der Waals surface area (Å²) < 4.78 is 0. The molecule has 0 aromatic carbocycles. The first-order valence-electron chi connectivity index (χ1n) is 7.08. The highest BCUT2D eigenvalue weighted by atomic mass is 15.2. The first-order chi connectivity index (χ1) is 9.07. The first-order valence-corrected chi connectivity index (χ1v) is 7.08. The molecule has 0 amide bonds. The molecule has 2 rings (SSSR count). The molecular weight excluding hydrogens is 236 g/mol. The van der Waals surface area contributed by atoms with E-state index in [2.05, 4.69) is 47.9 Å². The molecule has 0 bridgehead atoms. The molecule has 2 N–H and O–H groups in total. The van der Waals surface area contributed by atoms with Gasteiger partial charge in [0.15, 0.2) is 0 Å². The second-order valence-corrected chi connectivity index (χ2v) is 5.92. The fraction of sp³-hybridized carbons (Fsp3) is 0.667. The van der Waals surface area contributed by atoms with Crippen molar-refractivity contribution in [2.24, 2.45) is 5.73 Å². The molecule has 4 heteroatoms. The van der Waals surface area contributed by atoms with E-state index in [1.54, 1.807) is 0 Å². The maximum atomic E-state index is 6.13. The van der Waals surface area contributed by atoms with Crippen LogP contribution in [0.15, 0.2) is 24.5 Å². The van der Waals surface area contributed by atoms with Crippen LogP contribution in [0.3, 0.4) is 0 Å². The Labute approximate surface area is 116 Å². The third-order valence-electron chi connectivity index (χ3n) is 4.72. The summed E-state index contributed by atoms with van der Waals surface area (Å²) in [7, 11) is 4.40. The van der Waals surface area contributed by atoms with Gasteiger partial charge in [0.2, 0.25) is 0 Å². The average molecular weight is 262 g/mol. The van der Waals surface area contributed by atoms with Gasteiger partial charge in [0.25, 0.3) is 0 Å². The topological polar surface area (TPSA) is 45.4 Å². The minimum atomic E-state index is 0.134. The van der Waals surface area contributed by atoms with Crippen LogP contribution in [0.25, 0.3) is 0 Å². The molecule has 2 atom stereocenters. The zero-order valence-corrected chi connectivity index (χ0v) is 12.3. The van der Waals surface area contributed by atoms with E-state index in [0.717, 1.165) is 32.5 Å². The molecule has 0 aliphatic carbocycles. The molecule has 1 fully saturated rings. The monoisotopic (exact) mass is 262 g/mol. The SMILES string of the molecule is CC1CC(CN)(N(C)Cc2ccncc2)CCN1C. The van der Waals surface area contributed by atoms with Gasteiger partial charge in [0, 0.05) is 37.1 Å². The molecule has 106 valence electrons. The van der Waals surface area contributed by atoms with Crippen LogP contribution in [0.1, 0.15) is 25.3 Å². The van der Waals surface area contributed by atoms with E-state index in [9.17, 15) is 0 Å². The van der Waals surface area contributed by atoms with Crippen molar-refractivity contribution in [3.63, 3.8) is 0 Å². The van der Waals surface area contributed by atoms with Gasteiger partial charge in [-0.2, -0.15) is 0 Å². The molecule has 0 spiro atoms. The van der Waals surface area contributed by atoms with E-state index in [4.69, 9.17) is 5.73 Å². The fourth-order valence-electron chi connectivity index (χ4n) is 3.03. The van der Waals surface area contributed by atoms with Gasteiger partial charge in [-0.15, -0.1) is 0 Å². The van der Waals surface area contributed by atoms with Crippen LogP contribution < -0.4 is 5.73 Å². The van der Waals surface area contributed by atoms with Gasteiger partial charge >= 0.3 is 0 Å². The van der Waals surface area contributed by atoms with E-state index >= 15 is 0 Å². The number of hydrogen-bond donors (Lipinski definition) is 1. The Morgan fingerprint density at radius 2 is 2.16 bits per heavy atom. The zero-order chi connectivity index (χ0) is 13.9. The highest BCUT2D eigenvalue weighted by molar-refractivity contribution is 5.11. The second-order valence-electron chi connectivity index (χ2n) is 5.92. The Kier molecular flexibility index (Phi) is 4.55. The standard InChI is InChI=1S/C15H26N4/c1-13-10-15(12-16,6-9-18(13)2)19(3)11-14-4-7-17-8-5-14/h4-5,7-8,13H,6,9-12,16H2,1-3H3. The fourth-order valence-corrected chi connectivity index (χ4v) is 3.03. The summed E-state index contributed by atoms with van der Waals surface area (Å²) in [5, 5.41) is 0. The number of aromatic nitrogens is 1. The number of nitrogens with two attached hydrogens (primary N) is 1. The molecule has 1 aliphatic heterocycles. The van der Waals surface area contributed by atoms with Crippen molar-refractivity contribution in [3.8, 4) is 0 Å². The largest absolute Gasteiger partial charge is 0.329 e. The smallest absolute Gasteiger partial charge is 0.0359 e. The van der Waals surface area contributed by atoms with Crippen molar-refractivity contribution in [2.75, 3.05) is 27.2 Å². The molecule has 2 heterocycles. The van der Waals surface area contributed by atoms with Gasteiger partial charge in [-0.3, -0.25) is 9.88 Å². The molecule has 0 radical (unpaired) electrons. The summed E-state index contributed by atoms with van der Waals surface area (Å²) in [6.45, 7) is 5.09. The Bertz CT molecular complexity index is 394. The van der Waals surface area contributed by atoms with E-state index < -0.39 is 0 Å². The zero-order valence-electron chi connectivity index (χ0n) is 12.3. The van der Waals surface area contributed by atoms with Gasteiger partial charge in [-0.25, -0.2) is 0 Å². The maximum absolute atomic E-state index is 6.13. The number of pyridine rings is 1. The van der Waals surface area contributed by atoms with Crippen LogP contribution in [0.5, 0.6) is 0 Å². The number of rotatable bonds is 4. The van der Waals surface area contributed by atoms with Crippen LogP contribution in [0.4, 0.5) is 0 Å². The van der Waals surface area contributed by atoms with Crippen LogP contribution in [0.2, 0.25) is 0 Å². The number of piperidine rings is 1. The van der Waals surface area contributed by atoms with E-state index in [-0.39, 0.29) is 5.54 Å². The van der Waals surface area contributed by atoms with Gasteiger partial charge in [-0.05, 0) is 58.1 Å². The molecule has 19 heavy (non-hydrogen) atoms. The summed E-state index contributed by atoms with van der Waals surface area (Å²) in [6.07, 6.45) is 6.00. The molecule has 1 aromatic heterocycles. The Hall–Kier alpha value is -0.970. The lowest BCUT2D eigenvalue weighted by Gasteiger charge is -2.49. The van der Waals surface area contributed by atoms with Crippen molar-refractivity contribution < 1.29 is 0 Å². The summed E-state index contributed by atoms with van der Waals surface area (Å²) in [5.74, 6) is 0. The minimum absolute atomic E-state index is 0.134. The van der Waals surface area contributed by atoms with Crippen molar-refractivity contribution in [3.05, 3.63) is 30.1 Å². The molecule has 4 nitrogen and oxygen atoms in total. The normalized spacial score (nSPS) is 28.8. The van der Waals surface area contributed by atoms with Crippen LogP contribution in [-0.4, -0.2) is 53.5 Å². The Morgan fingerprint density at radius 3 is 2.74 bits per heavy atom. The second kappa shape index (κ2) is 5.99. The highest BCUT2D eigenvalue weighted by Crippen LogP contribution is 2.31. The lowest BCUT2D eigenvalue weighted by Crippen LogP contribution is -2.59. The molecule has 1 aliphatic rings. The molecule has 0 saturated carbocycles. The van der Waals surface area contributed by atoms with Gasteiger partial charge in [-0.1, -0.05) is 0 Å². The predicted octanol–water partition coefficient (Wildman–Crippen LogP) is 1.32. The predicted molar refractivity (Wildman–Crippen MR) is 78.8 cm³/mol. The number of likely N-dealkylation sites (tertiary alicyclic amines) is 1. The average Bonchev–Trinajstić information content (AvgIpc) is 2.43. The number of hydrogen-bond acceptors (Lipinski definition) is 4. The number of likely N-dealkylation sites (N-methyl/N-ethyl adjacent to an activating group) is 1. The lowest BCUT2D eigenvalue weighted by molar-refractivity contribution is 0.0222. The van der Waals surface area contributed by atoms with Crippen molar-refractivity contribution >= 4 is 0 Å². The van der Waals surface area contributed by atoms with Gasteiger partial charge < -0.3 is 10.6 Å². The van der Waals surface area contributed by atoms with Crippen LogP contribution in [-0.2, 0) is 6.54 Å². The minimum Gasteiger partial charge on any atom is -0.329 e. The van der Waals surface area contributed by atoms with Crippen molar-refractivity contribution in [1.29, 1.82) is 0 Å². The van der Waals surface area contributed by atoms with Crippen molar-refractivity contribution in [1.82, 2.24) is 14.8 Å². The number of nitrogens with zero attached hydrogens (tertiary/aromatic N) is 3. The highest BCUT2D eigenvalue weighted by Gasteiger charge is 2.39. The van der Waals surface area contributed by atoms with Gasteiger partial charge in [0.05, 0.1) is 0 Å². The third kappa shape index (κ3) is 3.14. The van der Waals surface area contributed by atoms with Gasteiger partial charge in [0.1, 0.15) is 0 Å². The van der Waals surface area contributed by atoms with E-state index in [1.807, 2.05) is 12.4 Å². The molecule has 1 saturated heterocycles. The van der Waals surface area contributed by atoms with Crippen LogP contribution in [0, 0.1) is 0 Å². The maximum Gasteiger partial charge on any atom is 0.0359 e. The first kappa shape index (κ1) is 14.4. The summed E-state index contributed by atoms with van der Waals surface area (Å²) in [5.41, 5.74) is 7.56. The van der Waals surface area contributed by atoms with Crippen molar-refractivity contribution in [2.45, 2.75) is 37.9 Å². The summed E-state index contributed by atoms with van der Waals surface area (Å²) in [4.78, 5) is 8.94. The Balaban J connectivity index is 2.08. The quantitative estimate of drug-likeness (QED) is 0.889. The molecular formula is C15H26N4. The van der Waals surface area contributed by atoms with Crippen LogP contribution >= 0.6 is 0 Å². The third-order valence-corrected chi connectivity index (χ3v) is 4.72.